The van der Waals surface area contributed by atoms with Crippen LogP contribution in [-0.2, 0) is 22.4 Å². The molecule has 0 fully saturated rings. The molecule has 29 heavy (non-hydrogen) atoms. The van der Waals surface area contributed by atoms with E-state index in [1.165, 1.54) is 46.2 Å². The maximum atomic E-state index is 13.5. The molecule has 0 spiro atoms. The number of hydrogen-bond donors (Lipinski definition) is 0. The number of rotatable bonds is 5. The number of fused-ring (bicyclic) bond motifs is 2. The summed E-state index contributed by atoms with van der Waals surface area (Å²) in [5, 5.41) is 0.605. The maximum absolute atomic E-state index is 13.5. The van der Waals surface area contributed by atoms with Gasteiger partial charge in [-0.05, 0) is 62.6 Å². The van der Waals surface area contributed by atoms with Gasteiger partial charge in [-0.2, -0.15) is 0 Å². The first-order valence-electron chi connectivity index (χ1n) is 10.3. The number of aromatic nitrogens is 2. The van der Waals surface area contributed by atoms with Crippen LogP contribution in [0.3, 0.4) is 0 Å². The SMILES string of the molecule is CCOC(=O)C(CC)n1cnc2sc(C)c(-c3ccc4c(c3)CCCC4)c2c1=O. The molecule has 1 unspecified atom stereocenters. The highest BCUT2D eigenvalue weighted by molar-refractivity contribution is 7.19. The Morgan fingerprint density at radius 1 is 1.24 bits per heavy atom. The van der Waals surface area contributed by atoms with E-state index in [0.29, 0.717) is 11.8 Å². The van der Waals surface area contributed by atoms with Crippen LogP contribution in [0.15, 0.2) is 29.3 Å². The molecule has 1 aromatic carbocycles. The number of nitrogens with zero attached hydrogens (tertiary/aromatic N) is 2. The van der Waals surface area contributed by atoms with E-state index in [1.54, 1.807) is 6.92 Å². The highest BCUT2D eigenvalue weighted by Crippen LogP contribution is 2.37. The van der Waals surface area contributed by atoms with Crippen molar-refractivity contribution in [2.75, 3.05) is 6.61 Å². The summed E-state index contributed by atoms with van der Waals surface area (Å²) in [6.45, 7) is 5.97. The average molecular weight is 411 g/mol. The minimum atomic E-state index is -0.657. The lowest BCUT2D eigenvalue weighted by atomic mass is 9.89. The van der Waals surface area contributed by atoms with E-state index in [9.17, 15) is 9.59 Å². The van der Waals surface area contributed by atoms with Gasteiger partial charge >= 0.3 is 5.97 Å². The van der Waals surface area contributed by atoms with Crippen LogP contribution in [0.25, 0.3) is 21.3 Å². The van der Waals surface area contributed by atoms with Gasteiger partial charge in [0.2, 0.25) is 0 Å². The van der Waals surface area contributed by atoms with Gasteiger partial charge in [-0.1, -0.05) is 25.1 Å². The zero-order valence-corrected chi connectivity index (χ0v) is 18.0. The second-order valence-electron chi connectivity index (χ2n) is 7.54. The molecule has 152 valence electrons. The Kier molecular flexibility index (Phi) is 5.54. The summed E-state index contributed by atoms with van der Waals surface area (Å²) < 4.78 is 6.61. The molecule has 3 aromatic rings. The molecule has 1 atom stereocenters. The first-order valence-corrected chi connectivity index (χ1v) is 11.2. The lowest BCUT2D eigenvalue weighted by molar-refractivity contribution is -0.147. The summed E-state index contributed by atoms with van der Waals surface area (Å²) in [6.07, 6.45) is 6.64. The molecule has 0 saturated heterocycles. The molecule has 2 aromatic heterocycles. The molecule has 0 saturated carbocycles. The van der Waals surface area contributed by atoms with Crippen molar-refractivity contribution in [1.82, 2.24) is 9.55 Å². The predicted molar refractivity (Wildman–Crippen MR) is 117 cm³/mol. The van der Waals surface area contributed by atoms with E-state index in [1.807, 2.05) is 13.8 Å². The summed E-state index contributed by atoms with van der Waals surface area (Å²) in [5.74, 6) is -0.388. The van der Waals surface area contributed by atoms with Crippen LogP contribution in [0.4, 0.5) is 0 Å². The van der Waals surface area contributed by atoms with Gasteiger partial charge in [0.1, 0.15) is 10.9 Å². The summed E-state index contributed by atoms with van der Waals surface area (Å²) in [7, 11) is 0. The fourth-order valence-corrected chi connectivity index (χ4v) is 5.29. The van der Waals surface area contributed by atoms with Crippen LogP contribution in [0.2, 0.25) is 0 Å². The van der Waals surface area contributed by atoms with Crippen molar-refractivity contribution < 1.29 is 9.53 Å². The average Bonchev–Trinajstić information content (AvgIpc) is 3.07. The second-order valence-corrected chi connectivity index (χ2v) is 8.74. The second kappa shape index (κ2) is 8.11. The van der Waals surface area contributed by atoms with Crippen LogP contribution >= 0.6 is 11.3 Å². The van der Waals surface area contributed by atoms with Crippen LogP contribution in [0.1, 0.15) is 55.2 Å². The molecular weight excluding hydrogens is 384 g/mol. The van der Waals surface area contributed by atoms with Gasteiger partial charge in [0.25, 0.3) is 5.56 Å². The summed E-state index contributed by atoms with van der Waals surface area (Å²) in [5.41, 5.74) is 4.64. The van der Waals surface area contributed by atoms with Gasteiger partial charge in [-0.3, -0.25) is 9.36 Å². The van der Waals surface area contributed by atoms with Gasteiger partial charge < -0.3 is 4.74 Å². The Bertz CT molecular complexity index is 1130. The van der Waals surface area contributed by atoms with Crippen molar-refractivity contribution in [3.63, 3.8) is 0 Å². The third-order valence-corrected chi connectivity index (χ3v) is 6.74. The minimum Gasteiger partial charge on any atom is -0.464 e. The fraction of sp³-hybridized carbons (Fsp3) is 0.435. The van der Waals surface area contributed by atoms with Crippen molar-refractivity contribution in [2.45, 2.75) is 58.9 Å². The van der Waals surface area contributed by atoms with Crippen molar-refractivity contribution in [3.8, 4) is 11.1 Å². The Morgan fingerprint density at radius 2 is 2.00 bits per heavy atom. The smallest absolute Gasteiger partial charge is 0.329 e. The van der Waals surface area contributed by atoms with E-state index in [2.05, 4.69) is 23.2 Å². The molecule has 4 rings (SSSR count). The van der Waals surface area contributed by atoms with Crippen molar-refractivity contribution in [3.05, 3.63) is 50.9 Å². The van der Waals surface area contributed by atoms with Gasteiger partial charge in [-0.25, -0.2) is 9.78 Å². The molecule has 1 aliphatic rings. The molecule has 0 amide bonds. The first-order chi connectivity index (χ1) is 14.0. The number of carbonyl (C=O) groups excluding carboxylic acids is 1. The molecule has 2 heterocycles. The molecular formula is C23H26N2O3S. The van der Waals surface area contributed by atoms with E-state index in [4.69, 9.17) is 4.74 Å². The monoisotopic (exact) mass is 410 g/mol. The fourth-order valence-electron chi connectivity index (χ4n) is 4.29. The van der Waals surface area contributed by atoms with Crippen LogP contribution < -0.4 is 5.56 Å². The largest absolute Gasteiger partial charge is 0.464 e. The molecule has 0 N–H and O–H groups in total. The number of esters is 1. The molecule has 5 nitrogen and oxygen atoms in total. The normalized spacial score (nSPS) is 14.6. The number of carbonyl (C=O) groups is 1. The molecule has 0 aliphatic heterocycles. The zero-order chi connectivity index (χ0) is 20.5. The Hall–Kier alpha value is -2.47. The highest BCUT2D eigenvalue weighted by Gasteiger charge is 2.25. The van der Waals surface area contributed by atoms with E-state index in [-0.39, 0.29) is 18.1 Å². The van der Waals surface area contributed by atoms with Gasteiger partial charge in [0.15, 0.2) is 0 Å². The van der Waals surface area contributed by atoms with Gasteiger partial charge in [-0.15, -0.1) is 11.3 Å². The maximum Gasteiger partial charge on any atom is 0.329 e. The standard InChI is InChI=1S/C23H26N2O3S/c1-4-18(23(27)28-5-2)25-13-24-21-20(22(25)26)19(14(3)29-21)17-11-10-15-8-6-7-9-16(15)12-17/h10-13,18H,4-9H2,1-3H3. The minimum absolute atomic E-state index is 0.174. The quantitative estimate of drug-likeness (QED) is 0.566. The number of benzene rings is 1. The van der Waals surface area contributed by atoms with Crippen LogP contribution in [0, 0.1) is 6.92 Å². The van der Waals surface area contributed by atoms with E-state index < -0.39 is 6.04 Å². The number of ether oxygens (including phenoxy) is 1. The lowest BCUT2D eigenvalue weighted by Crippen LogP contribution is -2.31. The van der Waals surface area contributed by atoms with E-state index in [0.717, 1.165) is 33.7 Å². The lowest BCUT2D eigenvalue weighted by Gasteiger charge is -2.17. The summed E-state index contributed by atoms with van der Waals surface area (Å²) in [6, 6.07) is 5.91. The van der Waals surface area contributed by atoms with Gasteiger partial charge in [0.05, 0.1) is 18.3 Å². The summed E-state index contributed by atoms with van der Waals surface area (Å²) >= 11 is 1.53. The third-order valence-electron chi connectivity index (χ3n) is 5.73. The first kappa shape index (κ1) is 19.8. The topological polar surface area (TPSA) is 61.2 Å². The number of hydrogen-bond acceptors (Lipinski definition) is 5. The molecule has 0 radical (unpaired) electrons. The van der Waals surface area contributed by atoms with Crippen molar-refractivity contribution >= 4 is 27.5 Å². The van der Waals surface area contributed by atoms with E-state index >= 15 is 0 Å². The zero-order valence-electron chi connectivity index (χ0n) is 17.2. The summed E-state index contributed by atoms with van der Waals surface area (Å²) in [4.78, 5) is 32.1. The number of aryl methyl sites for hydroxylation is 3. The van der Waals surface area contributed by atoms with Crippen molar-refractivity contribution in [1.29, 1.82) is 0 Å². The third kappa shape index (κ3) is 3.50. The predicted octanol–water partition coefficient (Wildman–Crippen LogP) is 4.83. The van der Waals surface area contributed by atoms with Gasteiger partial charge in [0, 0.05) is 10.4 Å². The van der Waals surface area contributed by atoms with Crippen LogP contribution in [-0.4, -0.2) is 22.1 Å². The highest BCUT2D eigenvalue weighted by atomic mass is 32.1. The Balaban J connectivity index is 1.88. The molecule has 6 heteroatoms. The number of thiophene rings is 1. The van der Waals surface area contributed by atoms with Crippen LogP contribution in [0.5, 0.6) is 0 Å². The Labute approximate surface area is 174 Å². The molecule has 1 aliphatic carbocycles. The Morgan fingerprint density at radius 3 is 2.72 bits per heavy atom. The van der Waals surface area contributed by atoms with Crippen molar-refractivity contribution in [2.24, 2.45) is 0 Å². The molecule has 0 bridgehead atoms.